The second kappa shape index (κ2) is 7.69. The molecule has 1 aliphatic heterocycles. The average Bonchev–Trinajstić information content (AvgIpc) is 2.59. The van der Waals surface area contributed by atoms with Crippen LogP contribution in [0.3, 0.4) is 0 Å². The normalized spacial score (nSPS) is 15.3. The van der Waals surface area contributed by atoms with Gasteiger partial charge in [-0.1, -0.05) is 35.9 Å². The van der Waals surface area contributed by atoms with Crippen molar-refractivity contribution in [1.82, 2.24) is 4.90 Å². The first kappa shape index (κ1) is 16.8. The molecule has 0 aliphatic carbocycles. The summed E-state index contributed by atoms with van der Waals surface area (Å²) in [5.74, 6) is 0.00790. The molecule has 1 aliphatic rings. The van der Waals surface area contributed by atoms with Crippen LogP contribution in [-0.2, 0) is 4.79 Å². The number of hydrogen-bond donors (Lipinski definition) is 1. The van der Waals surface area contributed by atoms with Crippen LogP contribution in [0.1, 0.15) is 5.56 Å². The van der Waals surface area contributed by atoms with Crippen molar-refractivity contribution < 1.29 is 4.79 Å². The number of piperazine rings is 1. The minimum atomic E-state index is 0.00790. The summed E-state index contributed by atoms with van der Waals surface area (Å²) in [6, 6.07) is 15.9. The number of aryl methyl sites for hydroxylation is 1. The first-order chi connectivity index (χ1) is 11.6. The quantitative estimate of drug-likeness (QED) is 0.924. The summed E-state index contributed by atoms with van der Waals surface area (Å²) < 4.78 is 0. The zero-order valence-corrected chi connectivity index (χ0v) is 14.6. The van der Waals surface area contributed by atoms with Crippen LogP contribution in [0.2, 0.25) is 5.02 Å². The minimum absolute atomic E-state index is 0.00790. The maximum absolute atomic E-state index is 12.3. The molecule has 0 radical (unpaired) electrons. The lowest BCUT2D eigenvalue weighted by molar-refractivity contribution is -0.117. The Bertz CT molecular complexity index is 697. The molecule has 0 aromatic heterocycles. The van der Waals surface area contributed by atoms with Crippen molar-refractivity contribution in [2.75, 3.05) is 42.9 Å². The van der Waals surface area contributed by atoms with Crippen molar-refractivity contribution in [2.24, 2.45) is 0 Å². The molecule has 0 unspecified atom stereocenters. The van der Waals surface area contributed by atoms with Crippen LogP contribution < -0.4 is 10.2 Å². The van der Waals surface area contributed by atoms with Crippen LogP contribution >= 0.6 is 11.6 Å². The van der Waals surface area contributed by atoms with Crippen LogP contribution in [0.5, 0.6) is 0 Å². The third-order valence-electron chi connectivity index (χ3n) is 4.33. The number of nitrogens with zero attached hydrogens (tertiary/aromatic N) is 2. The van der Waals surface area contributed by atoms with Gasteiger partial charge in [-0.15, -0.1) is 0 Å². The Morgan fingerprint density at radius 1 is 1.08 bits per heavy atom. The summed E-state index contributed by atoms with van der Waals surface area (Å²) in [4.78, 5) is 16.8. The number of amides is 1. The fraction of sp³-hybridized carbons (Fsp3) is 0.316. The van der Waals surface area contributed by atoms with E-state index < -0.39 is 0 Å². The zero-order chi connectivity index (χ0) is 16.9. The van der Waals surface area contributed by atoms with Gasteiger partial charge in [0.15, 0.2) is 0 Å². The molecule has 0 spiro atoms. The van der Waals surface area contributed by atoms with Crippen molar-refractivity contribution >= 4 is 28.9 Å². The Morgan fingerprint density at radius 3 is 2.50 bits per heavy atom. The second-order valence-electron chi connectivity index (χ2n) is 6.11. The molecule has 0 saturated carbocycles. The number of hydrogen-bond acceptors (Lipinski definition) is 3. The van der Waals surface area contributed by atoms with Gasteiger partial charge in [0.05, 0.1) is 6.54 Å². The molecule has 4 nitrogen and oxygen atoms in total. The van der Waals surface area contributed by atoms with Crippen molar-refractivity contribution in [3.05, 3.63) is 59.1 Å². The molecule has 1 amide bonds. The average molecular weight is 344 g/mol. The lowest BCUT2D eigenvalue weighted by Crippen LogP contribution is -2.48. The van der Waals surface area contributed by atoms with E-state index in [0.717, 1.165) is 37.4 Å². The van der Waals surface area contributed by atoms with Crippen molar-refractivity contribution in [2.45, 2.75) is 6.92 Å². The molecular weight excluding hydrogens is 322 g/mol. The van der Waals surface area contributed by atoms with Crippen LogP contribution in [0.15, 0.2) is 48.5 Å². The monoisotopic (exact) mass is 343 g/mol. The van der Waals surface area contributed by atoms with Gasteiger partial charge in [-0.25, -0.2) is 0 Å². The van der Waals surface area contributed by atoms with E-state index in [1.807, 2.05) is 25.1 Å². The lowest BCUT2D eigenvalue weighted by atomic mass is 10.2. The fourth-order valence-corrected chi connectivity index (χ4v) is 3.10. The molecule has 24 heavy (non-hydrogen) atoms. The number of para-hydroxylation sites is 1. The van der Waals surface area contributed by atoms with E-state index in [2.05, 4.69) is 39.4 Å². The van der Waals surface area contributed by atoms with E-state index in [9.17, 15) is 4.79 Å². The van der Waals surface area contributed by atoms with Gasteiger partial charge in [0.2, 0.25) is 5.91 Å². The highest BCUT2D eigenvalue weighted by Crippen LogP contribution is 2.20. The van der Waals surface area contributed by atoms with Crippen LogP contribution in [0.25, 0.3) is 0 Å². The molecule has 5 heteroatoms. The number of rotatable bonds is 4. The highest BCUT2D eigenvalue weighted by Gasteiger charge is 2.19. The molecule has 1 saturated heterocycles. The molecule has 0 atom stereocenters. The first-order valence-electron chi connectivity index (χ1n) is 8.20. The zero-order valence-electron chi connectivity index (χ0n) is 13.8. The third-order valence-corrected chi connectivity index (χ3v) is 4.57. The van der Waals surface area contributed by atoms with Gasteiger partial charge in [-0.2, -0.15) is 0 Å². The number of benzene rings is 2. The summed E-state index contributed by atoms with van der Waals surface area (Å²) in [6.07, 6.45) is 0. The van der Waals surface area contributed by atoms with Gasteiger partial charge in [-0.3, -0.25) is 9.69 Å². The standard InChI is InChI=1S/C19H22ClN3O/c1-15-7-8-16(20)13-18(15)21-19(24)14-22-9-11-23(12-10-22)17-5-3-2-4-6-17/h2-8,13H,9-12,14H2,1H3,(H,21,24). The number of anilines is 2. The summed E-state index contributed by atoms with van der Waals surface area (Å²) >= 11 is 6.00. The predicted octanol–water partition coefficient (Wildman–Crippen LogP) is 3.41. The van der Waals surface area contributed by atoms with Gasteiger partial charge in [0, 0.05) is 42.6 Å². The molecule has 1 N–H and O–H groups in total. The Balaban J connectivity index is 1.51. The second-order valence-corrected chi connectivity index (χ2v) is 6.54. The molecule has 1 fully saturated rings. The van der Waals surface area contributed by atoms with Gasteiger partial charge < -0.3 is 10.2 Å². The van der Waals surface area contributed by atoms with E-state index >= 15 is 0 Å². The van der Waals surface area contributed by atoms with Crippen molar-refractivity contribution in [3.63, 3.8) is 0 Å². The van der Waals surface area contributed by atoms with Gasteiger partial charge in [0.25, 0.3) is 0 Å². The highest BCUT2D eigenvalue weighted by atomic mass is 35.5. The summed E-state index contributed by atoms with van der Waals surface area (Å²) in [6.45, 7) is 6.02. The van der Waals surface area contributed by atoms with E-state index in [1.54, 1.807) is 6.07 Å². The highest BCUT2D eigenvalue weighted by molar-refractivity contribution is 6.31. The number of halogens is 1. The Kier molecular flexibility index (Phi) is 5.38. The third kappa shape index (κ3) is 4.28. The van der Waals surface area contributed by atoms with Crippen molar-refractivity contribution in [1.29, 1.82) is 0 Å². The molecule has 3 rings (SSSR count). The lowest BCUT2D eigenvalue weighted by Gasteiger charge is -2.35. The largest absolute Gasteiger partial charge is 0.369 e. The topological polar surface area (TPSA) is 35.6 Å². The molecule has 1 heterocycles. The smallest absolute Gasteiger partial charge is 0.238 e. The number of nitrogens with one attached hydrogen (secondary N) is 1. The van der Waals surface area contributed by atoms with Gasteiger partial charge in [0.1, 0.15) is 0 Å². The maximum Gasteiger partial charge on any atom is 0.238 e. The van der Waals surface area contributed by atoms with Crippen molar-refractivity contribution in [3.8, 4) is 0 Å². The first-order valence-corrected chi connectivity index (χ1v) is 8.58. The SMILES string of the molecule is Cc1ccc(Cl)cc1NC(=O)CN1CCN(c2ccccc2)CC1. The van der Waals surface area contributed by atoms with E-state index in [4.69, 9.17) is 11.6 Å². The molecule has 2 aromatic rings. The summed E-state index contributed by atoms with van der Waals surface area (Å²) in [5.41, 5.74) is 3.05. The van der Waals surface area contributed by atoms with Crippen LogP contribution in [0, 0.1) is 6.92 Å². The van der Waals surface area contributed by atoms with E-state index in [1.165, 1.54) is 5.69 Å². The van der Waals surface area contributed by atoms with Gasteiger partial charge in [-0.05, 0) is 36.8 Å². The number of carbonyl (C=O) groups excluding carboxylic acids is 1. The maximum atomic E-state index is 12.3. The molecule has 126 valence electrons. The van der Waals surface area contributed by atoms with E-state index in [0.29, 0.717) is 11.6 Å². The molecular formula is C19H22ClN3O. The molecule has 0 bridgehead atoms. The fourth-order valence-electron chi connectivity index (χ4n) is 2.92. The van der Waals surface area contributed by atoms with Gasteiger partial charge >= 0.3 is 0 Å². The summed E-state index contributed by atoms with van der Waals surface area (Å²) in [5, 5.41) is 3.59. The Hall–Kier alpha value is -2.04. The Morgan fingerprint density at radius 2 is 1.79 bits per heavy atom. The van der Waals surface area contributed by atoms with Crippen LogP contribution in [-0.4, -0.2) is 43.5 Å². The molecule has 2 aromatic carbocycles. The van der Waals surface area contributed by atoms with Crippen LogP contribution in [0.4, 0.5) is 11.4 Å². The minimum Gasteiger partial charge on any atom is -0.369 e. The Labute approximate surface area is 148 Å². The summed E-state index contributed by atoms with van der Waals surface area (Å²) in [7, 11) is 0. The van der Waals surface area contributed by atoms with E-state index in [-0.39, 0.29) is 5.91 Å². The number of carbonyl (C=O) groups is 1. The predicted molar refractivity (Wildman–Crippen MR) is 99.9 cm³/mol.